The Labute approximate surface area is 168 Å². The van der Waals surface area contributed by atoms with E-state index in [2.05, 4.69) is 5.32 Å². The van der Waals surface area contributed by atoms with Crippen LogP contribution in [0.4, 0.5) is 0 Å². The van der Waals surface area contributed by atoms with E-state index >= 15 is 0 Å². The molecule has 0 aliphatic heterocycles. The lowest BCUT2D eigenvalue weighted by molar-refractivity contribution is 0.0941. The summed E-state index contributed by atoms with van der Waals surface area (Å²) >= 11 is 1.37. The van der Waals surface area contributed by atoms with Crippen LogP contribution in [0.1, 0.15) is 28.2 Å². The molecule has 0 aliphatic rings. The summed E-state index contributed by atoms with van der Waals surface area (Å²) in [6.07, 6.45) is 1.17. The average molecular weight is 416 g/mol. The maximum Gasteiger partial charge on any atom is 0.265 e. The number of hydrogen-bond donors (Lipinski definition) is 1. The summed E-state index contributed by atoms with van der Waals surface area (Å²) in [5.74, 6) is 0.296. The normalized spacial score (nSPS) is 12.4. The van der Waals surface area contributed by atoms with Gasteiger partial charge in [-0.2, -0.15) is 0 Å². The number of hydrogen-bond acceptors (Lipinski definition) is 5. The van der Waals surface area contributed by atoms with Crippen LogP contribution in [0.3, 0.4) is 0 Å². The van der Waals surface area contributed by atoms with Gasteiger partial charge in [0.05, 0.1) is 18.0 Å². The molecule has 5 nitrogen and oxygen atoms in total. The fourth-order valence-electron chi connectivity index (χ4n) is 2.78. The molecule has 1 atom stereocenters. The maximum absolute atomic E-state index is 12.8. The van der Waals surface area contributed by atoms with E-state index in [1.807, 2.05) is 43.3 Å². The van der Waals surface area contributed by atoms with Gasteiger partial charge in [-0.05, 0) is 36.2 Å². The van der Waals surface area contributed by atoms with E-state index in [0.717, 1.165) is 16.0 Å². The maximum atomic E-state index is 12.8. The number of carbonyl (C=O) groups is 1. The smallest absolute Gasteiger partial charge is 0.265 e. The molecule has 0 bridgehead atoms. The summed E-state index contributed by atoms with van der Waals surface area (Å²) in [7, 11) is -1.70. The van der Waals surface area contributed by atoms with Crippen molar-refractivity contribution in [3.63, 3.8) is 0 Å². The van der Waals surface area contributed by atoms with Gasteiger partial charge in [-0.15, -0.1) is 11.3 Å². The van der Waals surface area contributed by atoms with Gasteiger partial charge in [0.1, 0.15) is 10.6 Å². The van der Waals surface area contributed by atoms with Gasteiger partial charge in [-0.25, -0.2) is 8.42 Å². The largest absolute Gasteiger partial charge is 0.495 e. The molecule has 3 aromatic rings. The molecule has 0 spiro atoms. The first kappa shape index (κ1) is 20.1. The van der Waals surface area contributed by atoms with E-state index < -0.39 is 9.84 Å². The molecule has 1 unspecified atom stereocenters. The van der Waals surface area contributed by atoms with E-state index in [1.165, 1.54) is 17.6 Å². The van der Waals surface area contributed by atoms with Gasteiger partial charge in [-0.3, -0.25) is 4.79 Å². The second-order valence-electron chi connectivity index (χ2n) is 6.41. The molecule has 0 fully saturated rings. The standard InChI is InChI=1S/C21H21NO4S2/c1-14(15-9-11-17(12-10-15)28(3,24)25)22-21(23)20-18(26-2)13-19(27-20)16-7-5-4-6-8-16/h4-14H,1-3H3,(H,22,23). The number of benzene rings is 2. The molecule has 1 amide bonds. The van der Waals surface area contributed by atoms with Crippen molar-refractivity contribution in [1.82, 2.24) is 5.32 Å². The second-order valence-corrected chi connectivity index (χ2v) is 9.48. The van der Waals surface area contributed by atoms with Crippen LogP contribution in [0, 0.1) is 0 Å². The van der Waals surface area contributed by atoms with E-state index in [0.29, 0.717) is 10.6 Å². The molecule has 2 aromatic carbocycles. The Balaban J connectivity index is 1.80. The van der Waals surface area contributed by atoms with Gasteiger partial charge in [0.25, 0.3) is 5.91 Å². The molecular weight excluding hydrogens is 394 g/mol. The number of carbonyl (C=O) groups excluding carboxylic acids is 1. The fourth-order valence-corrected chi connectivity index (χ4v) is 4.44. The SMILES string of the molecule is COc1cc(-c2ccccc2)sc1C(=O)NC(C)c1ccc(S(C)(=O)=O)cc1. The number of rotatable bonds is 6. The lowest BCUT2D eigenvalue weighted by Crippen LogP contribution is -2.26. The van der Waals surface area contributed by atoms with E-state index in [4.69, 9.17) is 4.74 Å². The van der Waals surface area contributed by atoms with Crippen LogP contribution < -0.4 is 10.1 Å². The highest BCUT2D eigenvalue weighted by Crippen LogP contribution is 2.36. The number of methoxy groups -OCH3 is 1. The van der Waals surface area contributed by atoms with Crippen LogP contribution >= 0.6 is 11.3 Å². The molecule has 7 heteroatoms. The van der Waals surface area contributed by atoms with Crippen LogP contribution in [0.5, 0.6) is 5.75 Å². The van der Waals surface area contributed by atoms with Crippen LogP contribution in [-0.4, -0.2) is 27.7 Å². The van der Waals surface area contributed by atoms with Crippen molar-refractivity contribution in [2.45, 2.75) is 17.9 Å². The highest BCUT2D eigenvalue weighted by atomic mass is 32.2. The third-order valence-corrected chi connectivity index (χ3v) is 6.63. The molecule has 1 heterocycles. The monoisotopic (exact) mass is 415 g/mol. The van der Waals surface area contributed by atoms with Crippen LogP contribution in [0.2, 0.25) is 0 Å². The zero-order valence-corrected chi connectivity index (χ0v) is 17.4. The van der Waals surface area contributed by atoms with E-state index in [9.17, 15) is 13.2 Å². The first-order valence-corrected chi connectivity index (χ1v) is 11.3. The van der Waals surface area contributed by atoms with Gasteiger partial charge in [-0.1, -0.05) is 42.5 Å². The molecule has 0 aliphatic carbocycles. The van der Waals surface area contributed by atoms with Crippen molar-refractivity contribution in [2.75, 3.05) is 13.4 Å². The fraction of sp³-hybridized carbons (Fsp3) is 0.190. The first-order chi connectivity index (χ1) is 13.3. The minimum absolute atomic E-state index is 0.233. The van der Waals surface area contributed by atoms with Crippen molar-refractivity contribution in [2.24, 2.45) is 0 Å². The minimum Gasteiger partial charge on any atom is -0.495 e. The second kappa shape index (κ2) is 8.16. The van der Waals surface area contributed by atoms with Crippen LogP contribution in [-0.2, 0) is 9.84 Å². The minimum atomic E-state index is -3.25. The van der Waals surface area contributed by atoms with Crippen LogP contribution in [0.25, 0.3) is 10.4 Å². The topological polar surface area (TPSA) is 72.5 Å². The van der Waals surface area contributed by atoms with Crippen molar-refractivity contribution in [3.05, 3.63) is 71.1 Å². The lowest BCUT2D eigenvalue weighted by atomic mass is 10.1. The summed E-state index contributed by atoms with van der Waals surface area (Å²) in [4.78, 5) is 14.5. The quantitative estimate of drug-likeness (QED) is 0.651. The Bertz CT molecular complexity index is 1070. The third kappa shape index (κ3) is 4.43. The summed E-state index contributed by atoms with van der Waals surface area (Å²) in [5, 5.41) is 2.95. The lowest BCUT2D eigenvalue weighted by Gasteiger charge is -2.14. The molecule has 146 valence electrons. The molecular formula is C21H21NO4S2. The number of sulfone groups is 1. The van der Waals surface area contributed by atoms with Crippen molar-refractivity contribution in [3.8, 4) is 16.2 Å². The number of thiophene rings is 1. The predicted molar refractivity (Wildman–Crippen MR) is 112 cm³/mol. The highest BCUT2D eigenvalue weighted by Gasteiger charge is 2.20. The van der Waals surface area contributed by atoms with Crippen molar-refractivity contribution >= 4 is 27.1 Å². The zero-order chi connectivity index (χ0) is 20.3. The Morgan fingerprint density at radius 1 is 1.07 bits per heavy atom. The third-order valence-electron chi connectivity index (χ3n) is 4.34. The van der Waals surface area contributed by atoms with Crippen LogP contribution in [0.15, 0.2) is 65.6 Å². The zero-order valence-electron chi connectivity index (χ0n) is 15.8. The molecule has 1 aromatic heterocycles. The summed E-state index contributed by atoms with van der Waals surface area (Å²) < 4.78 is 28.6. The number of ether oxygens (including phenoxy) is 1. The van der Waals surface area contributed by atoms with E-state index in [1.54, 1.807) is 31.4 Å². The van der Waals surface area contributed by atoms with E-state index in [-0.39, 0.29) is 16.8 Å². The van der Waals surface area contributed by atoms with Gasteiger partial charge in [0.2, 0.25) is 0 Å². The molecule has 0 saturated carbocycles. The predicted octanol–water partition coefficient (Wildman–Crippen LogP) is 4.32. The Morgan fingerprint density at radius 3 is 2.29 bits per heavy atom. The van der Waals surface area contributed by atoms with Crippen molar-refractivity contribution < 1.29 is 17.9 Å². The number of amides is 1. The average Bonchev–Trinajstić information content (AvgIpc) is 3.13. The summed E-state index contributed by atoms with van der Waals surface area (Å²) in [5.41, 5.74) is 1.84. The molecule has 0 saturated heterocycles. The Morgan fingerprint density at radius 2 is 1.71 bits per heavy atom. The summed E-state index contributed by atoms with van der Waals surface area (Å²) in [6.45, 7) is 1.85. The number of nitrogens with one attached hydrogen (secondary N) is 1. The summed E-state index contributed by atoms with van der Waals surface area (Å²) in [6, 6.07) is 17.9. The van der Waals surface area contributed by atoms with Gasteiger partial charge >= 0.3 is 0 Å². The Hall–Kier alpha value is -2.64. The molecule has 28 heavy (non-hydrogen) atoms. The Kier molecular flexibility index (Phi) is 5.86. The van der Waals surface area contributed by atoms with Crippen molar-refractivity contribution in [1.29, 1.82) is 0 Å². The molecule has 3 rings (SSSR count). The van der Waals surface area contributed by atoms with Gasteiger partial charge in [0.15, 0.2) is 9.84 Å². The highest BCUT2D eigenvalue weighted by molar-refractivity contribution is 7.90. The van der Waals surface area contributed by atoms with Gasteiger partial charge in [0, 0.05) is 11.1 Å². The first-order valence-electron chi connectivity index (χ1n) is 8.63. The molecule has 0 radical (unpaired) electrons. The van der Waals surface area contributed by atoms with Gasteiger partial charge < -0.3 is 10.1 Å². The molecule has 1 N–H and O–H groups in total.